The number of amides is 1. The fourth-order valence-electron chi connectivity index (χ4n) is 4.16. The van der Waals surface area contributed by atoms with Crippen LogP contribution < -0.4 is 5.32 Å². The molecule has 7 nitrogen and oxygen atoms in total. The average molecular weight is 326 g/mol. The molecule has 2 aromatic rings. The second kappa shape index (κ2) is 6.68. The van der Waals surface area contributed by atoms with Gasteiger partial charge in [0.25, 0.3) is 0 Å². The summed E-state index contributed by atoms with van der Waals surface area (Å²) in [6.07, 6.45) is 4.77. The lowest BCUT2D eigenvalue weighted by Crippen LogP contribution is -2.38. The van der Waals surface area contributed by atoms with E-state index in [4.69, 9.17) is 0 Å². The van der Waals surface area contributed by atoms with Crippen LogP contribution in [0.1, 0.15) is 30.9 Å². The Morgan fingerprint density at radius 3 is 2.96 bits per heavy atom. The predicted molar refractivity (Wildman–Crippen MR) is 87.8 cm³/mol. The van der Waals surface area contributed by atoms with Crippen LogP contribution in [0.2, 0.25) is 0 Å². The summed E-state index contributed by atoms with van der Waals surface area (Å²) < 4.78 is 1.63. The van der Waals surface area contributed by atoms with E-state index in [0.29, 0.717) is 25.2 Å². The first-order valence-corrected chi connectivity index (χ1v) is 8.62. The molecule has 0 saturated carbocycles. The largest absolute Gasteiger partial charge is 0.354 e. The highest BCUT2D eigenvalue weighted by molar-refractivity contribution is 5.80. The minimum absolute atomic E-state index is 0.0755. The molecule has 2 aliphatic heterocycles. The van der Waals surface area contributed by atoms with Crippen LogP contribution in [0.4, 0.5) is 0 Å². The fraction of sp³-hybridized carbons (Fsp3) is 0.529. The maximum Gasteiger partial charge on any atom is 0.224 e. The number of carbonyl (C=O) groups is 1. The molecular weight excluding hydrogens is 304 g/mol. The summed E-state index contributed by atoms with van der Waals surface area (Å²) in [5.74, 6) is 0.241. The first kappa shape index (κ1) is 15.3. The van der Waals surface area contributed by atoms with Gasteiger partial charge in [0, 0.05) is 18.6 Å². The molecule has 0 unspecified atom stereocenters. The van der Waals surface area contributed by atoms with Crippen molar-refractivity contribution in [1.29, 1.82) is 0 Å². The van der Waals surface area contributed by atoms with E-state index in [1.54, 1.807) is 11.0 Å². The molecule has 3 heterocycles. The van der Waals surface area contributed by atoms with E-state index in [0.717, 1.165) is 19.4 Å². The fourth-order valence-corrected chi connectivity index (χ4v) is 4.16. The normalized spacial score (nSPS) is 26.4. The number of rotatable bonds is 5. The quantitative estimate of drug-likeness (QED) is 0.888. The molecule has 1 N–H and O–H groups in total. The van der Waals surface area contributed by atoms with Crippen molar-refractivity contribution >= 4 is 5.91 Å². The van der Waals surface area contributed by atoms with Crippen LogP contribution in [0.5, 0.6) is 0 Å². The Kier molecular flexibility index (Phi) is 4.25. The zero-order valence-corrected chi connectivity index (χ0v) is 13.6. The molecule has 1 amide bonds. The lowest BCUT2D eigenvalue weighted by Gasteiger charge is -2.24. The number of carbonyl (C=O) groups excluding carboxylic acids is 1. The Bertz CT molecular complexity index is 674. The highest BCUT2D eigenvalue weighted by atomic mass is 16.2. The molecule has 0 radical (unpaired) electrons. The van der Waals surface area contributed by atoms with E-state index >= 15 is 0 Å². The molecule has 0 aliphatic carbocycles. The number of nitrogens with one attached hydrogen (secondary N) is 1. The number of hydrogen-bond acceptors (Lipinski definition) is 5. The molecule has 24 heavy (non-hydrogen) atoms. The number of tetrazole rings is 1. The number of nitrogens with zero attached hydrogens (tertiary/aromatic N) is 5. The van der Waals surface area contributed by atoms with Gasteiger partial charge in [0.2, 0.25) is 5.91 Å². The van der Waals surface area contributed by atoms with Crippen molar-refractivity contribution in [3.63, 3.8) is 0 Å². The smallest absolute Gasteiger partial charge is 0.224 e. The maximum absolute atomic E-state index is 12.7. The summed E-state index contributed by atoms with van der Waals surface area (Å²) in [7, 11) is 0. The maximum atomic E-state index is 12.7. The van der Waals surface area contributed by atoms with Crippen LogP contribution in [-0.2, 0) is 11.3 Å². The van der Waals surface area contributed by atoms with Gasteiger partial charge in [-0.05, 0) is 41.8 Å². The molecule has 7 heteroatoms. The van der Waals surface area contributed by atoms with Crippen molar-refractivity contribution in [2.24, 2.45) is 5.92 Å². The molecule has 1 aromatic heterocycles. The van der Waals surface area contributed by atoms with E-state index < -0.39 is 0 Å². The second-order valence-corrected chi connectivity index (χ2v) is 6.58. The van der Waals surface area contributed by atoms with Gasteiger partial charge < -0.3 is 5.32 Å². The molecule has 3 atom stereocenters. The Balaban J connectivity index is 1.40. The van der Waals surface area contributed by atoms with Crippen molar-refractivity contribution in [2.45, 2.75) is 37.9 Å². The Labute approximate surface area is 141 Å². The summed E-state index contributed by atoms with van der Waals surface area (Å²) >= 11 is 0. The van der Waals surface area contributed by atoms with Gasteiger partial charge >= 0.3 is 0 Å². The first-order chi connectivity index (χ1) is 11.8. The van der Waals surface area contributed by atoms with Crippen molar-refractivity contribution < 1.29 is 4.79 Å². The van der Waals surface area contributed by atoms with E-state index in [9.17, 15) is 4.79 Å². The van der Waals surface area contributed by atoms with Crippen molar-refractivity contribution in [3.05, 3.63) is 42.2 Å². The molecule has 2 fully saturated rings. The minimum atomic E-state index is 0.0755. The lowest BCUT2D eigenvalue weighted by molar-refractivity contribution is -0.125. The molecule has 4 rings (SSSR count). The predicted octanol–water partition coefficient (Wildman–Crippen LogP) is 1.01. The van der Waals surface area contributed by atoms with Crippen LogP contribution in [0, 0.1) is 5.92 Å². The molecule has 1 aromatic carbocycles. The highest BCUT2D eigenvalue weighted by Crippen LogP contribution is 2.44. The lowest BCUT2D eigenvalue weighted by atomic mass is 9.93. The third-order valence-electron chi connectivity index (χ3n) is 5.24. The third kappa shape index (κ3) is 2.91. The van der Waals surface area contributed by atoms with Gasteiger partial charge in [0.05, 0.1) is 12.5 Å². The van der Waals surface area contributed by atoms with Crippen LogP contribution in [0.25, 0.3) is 0 Å². The molecular formula is C17H22N6O. The van der Waals surface area contributed by atoms with Crippen LogP contribution in [0.3, 0.4) is 0 Å². The molecule has 2 saturated heterocycles. The zero-order valence-electron chi connectivity index (χ0n) is 13.6. The Hall–Kier alpha value is -2.28. The highest BCUT2D eigenvalue weighted by Gasteiger charge is 2.46. The van der Waals surface area contributed by atoms with Crippen molar-refractivity contribution in [3.8, 4) is 0 Å². The molecule has 2 aliphatic rings. The van der Waals surface area contributed by atoms with Crippen molar-refractivity contribution in [2.75, 3.05) is 13.1 Å². The number of aromatic nitrogens is 4. The topological polar surface area (TPSA) is 75.9 Å². The number of fused-ring (bicyclic) bond motifs is 1. The summed E-state index contributed by atoms with van der Waals surface area (Å²) in [6, 6.07) is 11.3. The standard InChI is InChI=1S/C17H22N6O/c24-17(18-8-10-22-12-19-20-21-22)14-11-16(13-5-2-1-3-6-13)23-9-4-7-15(14)23/h1-3,5-6,12,14-16H,4,7-11H2,(H,18,24)/t14-,15+,16-/m0/s1. The van der Waals surface area contributed by atoms with Crippen LogP contribution in [-0.4, -0.2) is 50.1 Å². The van der Waals surface area contributed by atoms with Gasteiger partial charge in [-0.2, -0.15) is 0 Å². The number of hydrogen-bond donors (Lipinski definition) is 1. The van der Waals surface area contributed by atoms with Crippen molar-refractivity contribution in [1.82, 2.24) is 30.4 Å². The molecule has 0 spiro atoms. The summed E-state index contributed by atoms with van der Waals surface area (Å²) in [4.78, 5) is 15.2. The van der Waals surface area contributed by atoms with Gasteiger partial charge in [-0.15, -0.1) is 5.10 Å². The Morgan fingerprint density at radius 2 is 2.17 bits per heavy atom. The summed E-state index contributed by atoms with van der Waals surface area (Å²) in [5, 5.41) is 14.1. The zero-order chi connectivity index (χ0) is 16.4. The monoisotopic (exact) mass is 326 g/mol. The van der Waals surface area contributed by atoms with Gasteiger partial charge in [0.15, 0.2) is 0 Å². The van der Waals surface area contributed by atoms with Gasteiger partial charge in [-0.3, -0.25) is 9.69 Å². The van der Waals surface area contributed by atoms with E-state index in [1.165, 1.54) is 12.0 Å². The average Bonchev–Trinajstić information content (AvgIpc) is 3.33. The number of benzene rings is 1. The van der Waals surface area contributed by atoms with E-state index in [-0.39, 0.29) is 11.8 Å². The molecule has 0 bridgehead atoms. The third-order valence-corrected chi connectivity index (χ3v) is 5.24. The summed E-state index contributed by atoms with van der Waals surface area (Å²) in [5.41, 5.74) is 1.33. The van der Waals surface area contributed by atoms with Crippen LogP contribution >= 0.6 is 0 Å². The Morgan fingerprint density at radius 1 is 1.29 bits per heavy atom. The summed E-state index contributed by atoms with van der Waals surface area (Å²) in [6.45, 7) is 2.25. The first-order valence-electron chi connectivity index (χ1n) is 8.62. The van der Waals surface area contributed by atoms with Gasteiger partial charge in [0.1, 0.15) is 6.33 Å². The van der Waals surface area contributed by atoms with Gasteiger partial charge in [-0.25, -0.2) is 4.68 Å². The van der Waals surface area contributed by atoms with Crippen LogP contribution in [0.15, 0.2) is 36.7 Å². The second-order valence-electron chi connectivity index (χ2n) is 6.58. The van der Waals surface area contributed by atoms with E-state index in [1.807, 2.05) is 6.07 Å². The SMILES string of the molecule is O=C(NCCn1cnnn1)[C@H]1C[C@@H](c2ccccc2)N2CCC[C@H]12. The minimum Gasteiger partial charge on any atom is -0.354 e. The molecule has 126 valence electrons. The van der Waals surface area contributed by atoms with Gasteiger partial charge in [-0.1, -0.05) is 30.3 Å². The van der Waals surface area contributed by atoms with E-state index in [2.05, 4.69) is 50.0 Å².